The van der Waals surface area contributed by atoms with Crippen LogP contribution in [0.15, 0.2) is 42.5 Å². The van der Waals surface area contributed by atoms with Crippen molar-refractivity contribution in [2.24, 2.45) is 5.73 Å². The maximum absolute atomic E-state index is 12.5. The van der Waals surface area contributed by atoms with Gasteiger partial charge in [-0.15, -0.1) is 0 Å². The molecule has 1 atom stereocenters. The molecular formula is C19H22N4O2. The predicted octanol–water partition coefficient (Wildman–Crippen LogP) is 2.09. The molecule has 1 aliphatic rings. The van der Waals surface area contributed by atoms with E-state index >= 15 is 0 Å². The number of carbonyl (C=O) groups excluding carboxylic acids is 2. The van der Waals surface area contributed by atoms with Crippen LogP contribution in [0, 0.1) is 6.92 Å². The molecule has 1 saturated heterocycles. The highest BCUT2D eigenvalue weighted by Crippen LogP contribution is 2.24. The van der Waals surface area contributed by atoms with Crippen molar-refractivity contribution in [1.29, 1.82) is 0 Å². The average Bonchev–Trinajstić information content (AvgIpc) is 3.05. The number of aromatic nitrogens is 1. The fraction of sp³-hybridized carbons (Fsp3) is 0.316. The minimum Gasteiger partial charge on any atom is -0.368 e. The number of anilines is 1. The Labute approximate surface area is 147 Å². The minimum absolute atomic E-state index is 0.234. The molecule has 1 aliphatic heterocycles. The Hall–Kier alpha value is -2.73. The van der Waals surface area contributed by atoms with E-state index in [1.54, 1.807) is 6.07 Å². The van der Waals surface area contributed by atoms with Gasteiger partial charge in [-0.05, 0) is 50.1 Å². The van der Waals surface area contributed by atoms with Crippen LogP contribution >= 0.6 is 0 Å². The number of hydrogen-bond acceptors (Lipinski definition) is 4. The number of nitrogens with zero attached hydrogens (tertiary/aromatic N) is 2. The Morgan fingerprint density at radius 3 is 2.80 bits per heavy atom. The molecule has 0 spiro atoms. The molecule has 2 amide bonds. The first-order chi connectivity index (χ1) is 12.0. The second kappa shape index (κ2) is 7.44. The van der Waals surface area contributed by atoms with Crippen molar-refractivity contribution < 1.29 is 9.59 Å². The number of aryl methyl sites for hydroxylation is 1. The quantitative estimate of drug-likeness (QED) is 0.874. The van der Waals surface area contributed by atoms with E-state index in [2.05, 4.69) is 15.2 Å². The summed E-state index contributed by atoms with van der Waals surface area (Å²) in [6, 6.07) is 12.7. The number of benzene rings is 1. The monoisotopic (exact) mass is 338 g/mol. The molecule has 130 valence electrons. The van der Waals surface area contributed by atoms with Gasteiger partial charge in [0.15, 0.2) is 0 Å². The molecule has 3 rings (SSSR count). The number of rotatable bonds is 5. The lowest BCUT2D eigenvalue weighted by atomic mass is 10.1. The van der Waals surface area contributed by atoms with E-state index < -0.39 is 0 Å². The molecule has 25 heavy (non-hydrogen) atoms. The molecule has 1 unspecified atom stereocenters. The molecule has 0 saturated carbocycles. The van der Waals surface area contributed by atoms with Crippen LogP contribution in [0.5, 0.6) is 0 Å². The third kappa shape index (κ3) is 4.03. The summed E-state index contributed by atoms with van der Waals surface area (Å²) in [7, 11) is 0. The van der Waals surface area contributed by atoms with E-state index in [9.17, 15) is 9.59 Å². The number of hydrogen-bond donors (Lipinski definition) is 2. The van der Waals surface area contributed by atoms with E-state index in [-0.39, 0.29) is 17.9 Å². The molecular weight excluding hydrogens is 316 g/mol. The first-order valence-electron chi connectivity index (χ1n) is 8.41. The predicted molar refractivity (Wildman–Crippen MR) is 96.0 cm³/mol. The topological polar surface area (TPSA) is 88.3 Å². The SMILES string of the molecule is Cc1cccc(C(=O)Nc2ccccc2CN2CCCC2C(N)=O)n1. The fourth-order valence-electron chi connectivity index (χ4n) is 3.19. The van der Waals surface area contributed by atoms with E-state index in [4.69, 9.17) is 5.73 Å². The van der Waals surface area contributed by atoms with Crippen molar-refractivity contribution in [3.05, 3.63) is 59.4 Å². The fourth-order valence-corrected chi connectivity index (χ4v) is 3.19. The molecule has 0 radical (unpaired) electrons. The summed E-state index contributed by atoms with van der Waals surface area (Å²) in [6.07, 6.45) is 1.74. The van der Waals surface area contributed by atoms with E-state index in [1.807, 2.05) is 43.3 Å². The van der Waals surface area contributed by atoms with Crippen LogP contribution < -0.4 is 11.1 Å². The van der Waals surface area contributed by atoms with Crippen LogP contribution in [0.25, 0.3) is 0 Å². The van der Waals surface area contributed by atoms with Gasteiger partial charge in [-0.3, -0.25) is 14.5 Å². The summed E-state index contributed by atoms with van der Waals surface area (Å²) in [6.45, 7) is 3.25. The summed E-state index contributed by atoms with van der Waals surface area (Å²) in [5.74, 6) is -0.535. The third-order valence-corrected chi connectivity index (χ3v) is 4.45. The smallest absolute Gasteiger partial charge is 0.274 e. The van der Waals surface area contributed by atoms with Gasteiger partial charge < -0.3 is 11.1 Å². The van der Waals surface area contributed by atoms with Crippen LogP contribution in [-0.4, -0.2) is 34.3 Å². The summed E-state index contributed by atoms with van der Waals surface area (Å²) in [4.78, 5) is 30.4. The van der Waals surface area contributed by atoms with E-state index in [0.717, 1.165) is 36.3 Å². The average molecular weight is 338 g/mol. The lowest BCUT2D eigenvalue weighted by Crippen LogP contribution is -2.39. The zero-order valence-corrected chi connectivity index (χ0v) is 14.2. The van der Waals surface area contributed by atoms with Crippen molar-refractivity contribution in [3.63, 3.8) is 0 Å². The number of para-hydroxylation sites is 1. The molecule has 0 aliphatic carbocycles. The number of nitrogens with one attached hydrogen (secondary N) is 1. The highest BCUT2D eigenvalue weighted by molar-refractivity contribution is 6.03. The second-order valence-electron chi connectivity index (χ2n) is 6.31. The van der Waals surface area contributed by atoms with Crippen molar-refractivity contribution >= 4 is 17.5 Å². The Balaban J connectivity index is 1.77. The molecule has 1 aromatic carbocycles. The van der Waals surface area contributed by atoms with Gasteiger partial charge in [0, 0.05) is 17.9 Å². The molecule has 6 nitrogen and oxygen atoms in total. The normalized spacial score (nSPS) is 17.4. The van der Waals surface area contributed by atoms with Gasteiger partial charge in [0.2, 0.25) is 5.91 Å². The van der Waals surface area contributed by atoms with Gasteiger partial charge in [-0.2, -0.15) is 0 Å². The number of likely N-dealkylation sites (tertiary alicyclic amines) is 1. The molecule has 0 bridgehead atoms. The van der Waals surface area contributed by atoms with Gasteiger partial charge >= 0.3 is 0 Å². The van der Waals surface area contributed by atoms with Crippen LogP contribution in [0.3, 0.4) is 0 Å². The maximum Gasteiger partial charge on any atom is 0.274 e. The largest absolute Gasteiger partial charge is 0.368 e. The lowest BCUT2D eigenvalue weighted by Gasteiger charge is -2.23. The van der Waals surface area contributed by atoms with Crippen molar-refractivity contribution in [3.8, 4) is 0 Å². The zero-order chi connectivity index (χ0) is 17.8. The number of primary amides is 1. The summed E-state index contributed by atoms with van der Waals surface area (Å²) < 4.78 is 0. The maximum atomic E-state index is 12.5. The minimum atomic E-state index is -0.289. The zero-order valence-electron chi connectivity index (χ0n) is 14.2. The van der Waals surface area contributed by atoms with Crippen LogP contribution in [0.2, 0.25) is 0 Å². The first kappa shape index (κ1) is 17.1. The summed E-state index contributed by atoms with van der Waals surface area (Å²) >= 11 is 0. The number of carbonyl (C=O) groups is 2. The highest BCUT2D eigenvalue weighted by atomic mass is 16.2. The third-order valence-electron chi connectivity index (χ3n) is 4.45. The summed E-state index contributed by atoms with van der Waals surface area (Å²) in [5.41, 5.74) is 8.35. The molecule has 2 heterocycles. The molecule has 6 heteroatoms. The lowest BCUT2D eigenvalue weighted by molar-refractivity contribution is -0.122. The Bertz CT molecular complexity index is 790. The Morgan fingerprint density at radius 2 is 2.04 bits per heavy atom. The number of amides is 2. The van der Waals surface area contributed by atoms with Gasteiger partial charge in [-0.25, -0.2) is 4.98 Å². The van der Waals surface area contributed by atoms with Crippen LogP contribution in [-0.2, 0) is 11.3 Å². The van der Waals surface area contributed by atoms with Crippen LogP contribution in [0.4, 0.5) is 5.69 Å². The second-order valence-corrected chi connectivity index (χ2v) is 6.31. The standard InChI is InChI=1S/C19H22N4O2/c1-13-6-4-9-16(21-13)19(25)22-15-8-3-2-7-14(15)12-23-11-5-10-17(23)18(20)24/h2-4,6-9,17H,5,10-12H2,1H3,(H2,20,24)(H,22,25). The van der Waals surface area contributed by atoms with Crippen molar-refractivity contribution in [2.75, 3.05) is 11.9 Å². The highest BCUT2D eigenvalue weighted by Gasteiger charge is 2.29. The molecule has 2 aromatic rings. The molecule has 1 aromatic heterocycles. The van der Waals surface area contributed by atoms with Crippen molar-refractivity contribution in [2.45, 2.75) is 32.4 Å². The number of nitrogens with two attached hydrogens (primary N) is 1. The van der Waals surface area contributed by atoms with Crippen LogP contribution in [0.1, 0.15) is 34.6 Å². The summed E-state index contributed by atoms with van der Waals surface area (Å²) in [5, 5.41) is 2.93. The van der Waals surface area contributed by atoms with Gasteiger partial charge in [0.1, 0.15) is 5.69 Å². The van der Waals surface area contributed by atoms with E-state index in [1.165, 1.54) is 0 Å². The molecule has 1 fully saturated rings. The van der Waals surface area contributed by atoms with Gasteiger partial charge in [-0.1, -0.05) is 24.3 Å². The van der Waals surface area contributed by atoms with Crippen molar-refractivity contribution in [1.82, 2.24) is 9.88 Å². The Morgan fingerprint density at radius 1 is 1.24 bits per heavy atom. The van der Waals surface area contributed by atoms with Gasteiger partial charge in [0.05, 0.1) is 6.04 Å². The molecule has 3 N–H and O–H groups in total. The van der Waals surface area contributed by atoms with Gasteiger partial charge in [0.25, 0.3) is 5.91 Å². The Kier molecular flexibility index (Phi) is 5.09. The first-order valence-corrected chi connectivity index (χ1v) is 8.41. The van der Waals surface area contributed by atoms with E-state index in [0.29, 0.717) is 12.2 Å². The number of pyridine rings is 1.